The van der Waals surface area contributed by atoms with Crippen LogP contribution in [0.25, 0.3) is 0 Å². The van der Waals surface area contributed by atoms with Gasteiger partial charge in [-0.3, -0.25) is 0 Å². The standard InChI is InChI=1S/C15H16Cl2N2S/c1-10(12-8-14(16)20-15(12)17)19-7-6-18-9-11-4-2-3-5-13(11)19/h2-5,8,10,18H,6-7,9H2,1H3. The Bertz CT molecular complexity index is 612. The number of hydrogen-bond acceptors (Lipinski definition) is 3. The zero-order valence-corrected chi connectivity index (χ0v) is 13.5. The number of halogens is 2. The molecule has 0 aliphatic carbocycles. The van der Waals surface area contributed by atoms with Crippen molar-refractivity contribution in [2.24, 2.45) is 0 Å². The molecular formula is C15H16Cl2N2S. The van der Waals surface area contributed by atoms with Crippen LogP contribution >= 0.6 is 34.5 Å². The Hall–Kier alpha value is -0.740. The zero-order valence-electron chi connectivity index (χ0n) is 11.2. The number of rotatable bonds is 2. The Balaban J connectivity index is 1.99. The molecule has 2 aromatic rings. The first-order valence-electron chi connectivity index (χ1n) is 6.67. The lowest BCUT2D eigenvalue weighted by molar-refractivity contribution is 0.640. The van der Waals surface area contributed by atoms with Crippen LogP contribution in [0.4, 0.5) is 5.69 Å². The van der Waals surface area contributed by atoms with Gasteiger partial charge in [0, 0.05) is 30.9 Å². The number of hydrogen-bond donors (Lipinski definition) is 1. The average molecular weight is 327 g/mol. The van der Waals surface area contributed by atoms with Crippen LogP contribution in [0.15, 0.2) is 30.3 Å². The van der Waals surface area contributed by atoms with Gasteiger partial charge in [0.05, 0.1) is 14.7 Å². The molecule has 1 aromatic heterocycles. The van der Waals surface area contributed by atoms with Crippen molar-refractivity contribution < 1.29 is 0 Å². The van der Waals surface area contributed by atoms with Crippen molar-refractivity contribution in [3.63, 3.8) is 0 Å². The molecule has 3 rings (SSSR count). The molecule has 1 aliphatic heterocycles. The van der Waals surface area contributed by atoms with E-state index in [0.717, 1.165) is 33.9 Å². The minimum atomic E-state index is 0.215. The molecule has 2 nitrogen and oxygen atoms in total. The lowest BCUT2D eigenvalue weighted by Gasteiger charge is -2.31. The quantitative estimate of drug-likeness (QED) is 0.858. The van der Waals surface area contributed by atoms with E-state index in [1.807, 2.05) is 6.07 Å². The maximum absolute atomic E-state index is 6.32. The lowest BCUT2D eigenvalue weighted by atomic mass is 10.1. The molecule has 2 heterocycles. The minimum Gasteiger partial charge on any atom is -0.363 e. The van der Waals surface area contributed by atoms with Crippen molar-refractivity contribution >= 4 is 40.2 Å². The monoisotopic (exact) mass is 326 g/mol. The van der Waals surface area contributed by atoms with E-state index in [1.54, 1.807) is 0 Å². The number of anilines is 1. The summed E-state index contributed by atoms with van der Waals surface area (Å²) < 4.78 is 1.54. The highest BCUT2D eigenvalue weighted by Gasteiger charge is 2.23. The topological polar surface area (TPSA) is 15.3 Å². The smallest absolute Gasteiger partial charge is 0.0996 e. The third kappa shape index (κ3) is 2.68. The van der Waals surface area contributed by atoms with Gasteiger partial charge in [0.2, 0.25) is 0 Å². The molecule has 0 saturated carbocycles. The minimum absolute atomic E-state index is 0.215. The third-order valence-corrected chi connectivity index (χ3v) is 5.26. The Kier molecular flexibility index (Phi) is 4.22. The number of fused-ring (bicyclic) bond motifs is 1. The van der Waals surface area contributed by atoms with Gasteiger partial charge in [-0.15, -0.1) is 11.3 Å². The van der Waals surface area contributed by atoms with E-state index >= 15 is 0 Å². The van der Waals surface area contributed by atoms with Crippen molar-refractivity contribution in [1.82, 2.24) is 5.32 Å². The van der Waals surface area contributed by atoms with E-state index in [1.165, 1.54) is 22.6 Å². The summed E-state index contributed by atoms with van der Waals surface area (Å²) in [6.07, 6.45) is 0. The second kappa shape index (κ2) is 5.94. The predicted octanol–water partition coefficient (Wildman–Crippen LogP) is 4.73. The summed E-state index contributed by atoms with van der Waals surface area (Å²) >= 11 is 13.8. The Morgan fingerprint density at radius 1 is 1.30 bits per heavy atom. The molecule has 0 fully saturated rings. The molecule has 1 unspecified atom stereocenters. The van der Waals surface area contributed by atoms with Crippen LogP contribution in [-0.4, -0.2) is 13.1 Å². The van der Waals surface area contributed by atoms with Gasteiger partial charge in [-0.1, -0.05) is 41.4 Å². The van der Waals surface area contributed by atoms with E-state index < -0.39 is 0 Å². The fourth-order valence-corrected chi connectivity index (χ4v) is 4.33. The van der Waals surface area contributed by atoms with Crippen molar-refractivity contribution in [3.8, 4) is 0 Å². The molecule has 0 amide bonds. The van der Waals surface area contributed by atoms with Gasteiger partial charge in [-0.2, -0.15) is 0 Å². The van der Waals surface area contributed by atoms with Gasteiger partial charge >= 0.3 is 0 Å². The Labute approximate surface area is 133 Å². The predicted molar refractivity (Wildman–Crippen MR) is 88.2 cm³/mol. The molecular weight excluding hydrogens is 311 g/mol. The van der Waals surface area contributed by atoms with Crippen LogP contribution < -0.4 is 10.2 Å². The lowest BCUT2D eigenvalue weighted by Crippen LogP contribution is -2.31. The highest BCUT2D eigenvalue weighted by atomic mass is 35.5. The molecule has 0 bridgehead atoms. The van der Waals surface area contributed by atoms with Crippen molar-refractivity contribution in [3.05, 3.63) is 50.1 Å². The summed E-state index contributed by atoms with van der Waals surface area (Å²) in [5.74, 6) is 0. The molecule has 1 aliphatic rings. The Morgan fingerprint density at radius 3 is 2.85 bits per heavy atom. The SMILES string of the molecule is CC(c1cc(Cl)sc1Cl)N1CCNCc2ccccc21. The molecule has 0 spiro atoms. The van der Waals surface area contributed by atoms with Gasteiger partial charge in [0.25, 0.3) is 0 Å². The van der Waals surface area contributed by atoms with Crippen LogP contribution in [0.1, 0.15) is 24.1 Å². The molecule has 5 heteroatoms. The largest absolute Gasteiger partial charge is 0.363 e. The molecule has 106 valence electrons. The van der Waals surface area contributed by atoms with Gasteiger partial charge < -0.3 is 10.2 Å². The highest BCUT2D eigenvalue weighted by Crippen LogP contribution is 2.39. The van der Waals surface area contributed by atoms with Gasteiger partial charge in [0.15, 0.2) is 0 Å². The van der Waals surface area contributed by atoms with E-state index in [0.29, 0.717) is 0 Å². The highest BCUT2D eigenvalue weighted by molar-refractivity contribution is 7.20. The van der Waals surface area contributed by atoms with Crippen LogP contribution in [-0.2, 0) is 6.54 Å². The van der Waals surface area contributed by atoms with Crippen LogP contribution in [0, 0.1) is 0 Å². The fourth-order valence-electron chi connectivity index (χ4n) is 2.69. The first-order chi connectivity index (χ1) is 9.66. The molecule has 0 saturated heterocycles. The normalized spacial score (nSPS) is 16.6. The second-order valence-electron chi connectivity index (χ2n) is 4.95. The van der Waals surface area contributed by atoms with E-state index in [4.69, 9.17) is 23.2 Å². The number of benzene rings is 1. The maximum atomic E-state index is 6.32. The number of nitrogens with zero attached hydrogens (tertiary/aromatic N) is 1. The molecule has 0 radical (unpaired) electrons. The van der Waals surface area contributed by atoms with Gasteiger partial charge in [0.1, 0.15) is 0 Å². The molecule has 1 atom stereocenters. The average Bonchev–Trinajstić information content (AvgIpc) is 2.66. The summed E-state index contributed by atoms with van der Waals surface area (Å²) in [6, 6.07) is 10.7. The summed E-state index contributed by atoms with van der Waals surface area (Å²) in [5.41, 5.74) is 3.72. The third-order valence-electron chi connectivity index (χ3n) is 3.75. The summed E-state index contributed by atoms with van der Waals surface area (Å²) in [4.78, 5) is 2.40. The van der Waals surface area contributed by atoms with E-state index in [9.17, 15) is 0 Å². The van der Waals surface area contributed by atoms with Crippen molar-refractivity contribution in [1.29, 1.82) is 0 Å². The second-order valence-corrected chi connectivity index (χ2v) is 7.24. The van der Waals surface area contributed by atoms with Gasteiger partial charge in [-0.25, -0.2) is 0 Å². The van der Waals surface area contributed by atoms with E-state index in [2.05, 4.69) is 41.4 Å². The Morgan fingerprint density at radius 2 is 2.10 bits per heavy atom. The fraction of sp³-hybridized carbons (Fsp3) is 0.333. The molecule has 1 aromatic carbocycles. The summed E-state index contributed by atoms with van der Waals surface area (Å²) in [6.45, 7) is 5.03. The number of thiophene rings is 1. The first-order valence-corrected chi connectivity index (χ1v) is 8.24. The molecule has 1 N–H and O–H groups in total. The van der Waals surface area contributed by atoms with E-state index in [-0.39, 0.29) is 6.04 Å². The summed E-state index contributed by atoms with van der Waals surface area (Å²) in [5, 5.41) is 3.46. The van der Waals surface area contributed by atoms with Gasteiger partial charge in [-0.05, 0) is 24.6 Å². The van der Waals surface area contributed by atoms with Crippen LogP contribution in [0.3, 0.4) is 0 Å². The number of nitrogens with one attached hydrogen (secondary N) is 1. The van der Waals surface area contributed by atoms with Crippen LogP contribution in [0.5, 0.6) is 0 Å². The summed E-state index contributed by atoms with van der Waals surface area (Å²) in [7, 11) is 0. The maximum Gasteiger partial charge on any atom is 0.0996 e. The zero-order chi connectivity index (χ0) is 14.1. The van der Waals surface area contributed by atoms with Crippen LogP contribution in [0.2, 0.25) is 8.67 Å². The number of para-hydroxylation sites is 1. The van der Waals surface area contributed by atoms with Crippen molar-refractivity contribution in [2.75, 3.05) is 18.0 Å². The van der Waals surface area contributed by atoms with Crippen molar-refractivity contribution in [2.45, 2.75) is 19.5 Å². The molecule has 20 heavy (non-hydrogen) atoms. The first kappa shape index (κ1) is 14.2.